The van der Waals surface area contributed by atoms with Gasteiger partial charge in [0.1, 0.15) is 11.5 Å². The first kappa shape index (κ1) is 19.1. The Bertz CT molecular complexity index is 639. The fourth-order valence-electron chi connectivity index (χ4n) is 2.79. The summed E-state index contributed by atoms with van der Waals surface area (Å²) in [5, 5.41) is 3.30. The Balaban J connectivity index is 2.21. The van der Waals surface area contributed by atoms with Gasteiger partial charge in [-0.1, -0.05) is 66.9 Å². The van der Waals surface area contributed by atoms with Crippen LogP contribution in [0.2, 0.25) is 0 Å². The quantitative estimate of drug-likeness (QED) is 0.338. The van der Waals surface area contributed by atoms with Crippen LogP contribution in [-0.4, -0.2) is 18.5 Å². The van der Waals surface area contributed by atoms with Crippen LogP contribution in [0.5, 0.6) is 11.5 Å². The Labute approximate surface area is 154 Å². The number of aryl methyl sites for hydroxylation is 1. The van der Waals surface area contributed by atoms with E-state index in [9.17, 15) is 0 Å². The van der Waals surface area contributed by atoms with E-state index in [-0.39, 0.29) is 0 Å². The molecule has 0 saturated carbocycles. The van der Waals surface area contributed by atoms with Crippen molar-refractivity contribution in [2.75, 3.05) is 18.5 Å². The van der Waals surface area contributed by atoms with Gasteiger partial charge in [-0.15, -0.1) is 0 Å². The summed E-state index contributed by atoms with van der Waals surface area (Å²) in [6, 6.07) is 10.5. The van der Waals surface area contributed by atoms with Crippen molar-refractivity contribution in [2.24, 2.45) is 5.92 Å². The molecular weight excluding hydrogens is 364 g/mol. The molecule has 0 heterocycles. The van der Waals surface area contributed by atoms with Crippen LogP contribution in [0, 0.1) is 12.8 Å². The van der Waals surface area contributed by atoms with Crippen molar-refractivity contribution in [1.29, 1.82) is 0 Å². The summed E-state index contributed by atoms with van der Waals surface area (Å²) in [4.78, 5) is 0. The lowest BCUT2D eigenvalue weighted by Crippen LogP contribution is -2.09. The van der Waals surface area contributed by atoms with Gasteiger partial charge < -0.3 is 9.47 Å². The van der Waals surface area contributed by atoms with Gasteiger partial charge in [-0.2, -0.15) is 0 Å². The first-order valence-electron chi connectivity index (χ1n) is 9.01. The van der Waals surface area contributed by atoms with Gasteiger partial charge in [0.15, 0.2) is 0 Å². The molecule has 24 heavy (non-hydrogen) atoms. The van der Waals surface area contributed by atoms with E-state index in [4.69, 9.17) is 9.47 Å². The van der Waals surface area contributed by atoms with Crippen LogP contribution in [0.15, 0.2) is 30.3 Å². The Morgan fingerprint density at radius 1 is 1.08 bits per heavy atom. The maximum absolute atomic E-state index is 6.14. The molecule has 0 N–H and O–H groups in total. The van der Waals surface area contributed by atoms with E-state index < -0.39 is 0 Å². The second-order valence-corrected chi connectivity index (χ2v) is 7.31. The zero-order valence-electron chi connectivity index (χ0n) is 15.1. The molecule has 132 valence electrons. The van der Waals surface area contributed by atoms with E-state index in [0.29, 0.717) is 5.92 Å². The molecule has 2 aromatic rings. The lowest BCUT2D eigenvalue weighted by atomic mass is 10.0. The van der Waals surface area contributed by atoms with Crippen LogP contribution in [0.25, 0.3) is 10.8 Å². The minimum Gasteiger partial charge on any atom is -0.493 e. The topological polar surface area (TPSA) is 18.5 Å². The van der Waals surface area contributed by atoms with E-state index in [2.05, 4.69) is 67.0 Å². The van der Waals surface area contributed by atoms with Crippen molar-refractivity contribution in [2.45, 2.75) is 46.5 Å². The van der Waals surface area contributed by atoms with Gasteiger partial charge in [0.05, 0.1) is 13.2 Å². The number of rotatable bonds is 10. The molecule has 0 fully saturated rings. The second-order valence-electron chi connectivity index (χ2n) is 6.52. The zero-order valence-corrected chi connectivity index (χ0v) is 16.7. The maximum atomic E-state index is 6.14. The van der Waals surface area contributed by atoms with Crippen LogP contribution in [0.3, 0.4) is 0 Å². The third kappa shape index (κ3) is 5.14. The minimum atomic E-state index is 0.536. The smallest absolute Gasteiger partial charge is 0.130 e. The largest absolute Gasteiger partial charge is 0.493 e. The molecule has 0 aliphatic rings. The number of hydrogen-bond acceptors (Lipinski definition) is 2. The molecule has 0 aliphatic carbocycles. The molecule has 0 spiro atoms. The fourth-order valence-corrected chi connectivity index (χ4v) is 3.57. The van der Waals surface area contributed by atoms with Gasteiger partial charge in [-0.25, -0.2) is 0 Å². The SMILES string of the molecule is CCCCCOc1c(C)cc(OCC(C)CCBr)c2ccccc12. The molecule has 0 aliphatic heterocycles. The molecule has 1 unspecified atom stereocenters. The van der Waals surface area contributed by atoms with Crippen LogP contribution < -0.4 is 9.47 Å². The summed E-state index contributed by atoms with van der Waals surface area (Å²) < 4.78 is 12.2. The Hall–Kier alpha value is -1.22. The molecule has 3 heteroatoms. The van der Waals surface area contributed by atoms with Gasteiger partial charge >= 0.3 is 0 Å². The molecule has 2 rings (SSSR count). The highest BCUT2D eigenvalue weighted by atomic mass is 79.9. The molecule has 2 nitrogen and oxygen atoms in total. The first-order chi connectivity index (χ1) is 11.7. The molecule has 0 bridgehead atoms. The lowest BCUT2D eigenvalue weighted by molar-refractivity contribution is 0.259. The molecule has 0 amide bonds. The van der Waals surface area contributed by atoms with Crippen LogP contribution in [0.1, 0.15) is 45.1 Å². The van der Waals surface area contributed by atoms with E-state index in [1.54, 1.807) is 0 Å². The highest BCUT2D eigenvalue weighted by molar-refractivity contribution is 9.09. The van der Waals surface area contributed by atoms with Crippen molar-refractivity contribution >= 4 is 26.7 Å². The number of benzene rings is 2. The molecule has 2 aromatic carbocycles. The van der Waals surface area contributed by atoms with Crippen molar-refractivity contribution in [3.8, 4) is 11.5 Å². The summed E-state index contributed by atoms with van der Waals surface area (Å²) in [5.41, 5.74) is 1.15. The van der Waals surface area contributed by atoms with Crippen molar-refractivity contribution < 1.29 is 9.47 Å². The zero-order chi connectivity index (χ0) is 17.4. The predicted octanol–water partition coefficient (Wildman–Crippen LogP) is 6.52. The minimum absolute atomic E-state index is 0.536. The monoisotopic (exact) mass is 392 g/mol. The Morgan fingerprint density at radius 3 is 2.54 bits per heavy atom. The highest BCUT2D eigenvalue weighted by Crippen LogP contribution is 2.36. The van der Waals surface area contributed by atoms with Crippen LogP contribution in [-0.2, 0) is 0 Å². The van der Waals surface area contributed by atoms with E-state index in [0.717, 1.165) is 59.2 Å². The summed E-state index contributed by atoms with van der Waals surface area (Å²) in [6.45, 7) is 8.06. The lowest BCUT2D eigenvalue weighted by Gasteiger charge is -2.18. The third-order valence-electron chi connectivity index (χ3n) is 4.26. The number of unbranched alkanes of at least 4 members (excludes halogenated alkanes) is 2. The highest BCUT2D eigenvalue weighted by Gasteiger charge is 2.12. The molecule has 1 atom stereocenters. The number of hydrogen-bond donors (Lipinski definition) is 0. The average molecular weight is 393 g/mol. The van der Waals surface area contributed by atoms with Crippen molar-refractivity contribution in [3.63, 3.8) is 0 Å². The molecule has 0 aromatic heterocycles. The maximum Gasteiger partial charge on any atom is 0.130 e. The van der Waals surface area contributed by atoms with Gasteiger partial charge in [0.25, 0.3) is 0 Å². The number of alkyl halides is 1. The Kier molecular flexibility index (Phi) is 7.90. The first-order valence-corrected chi connectivity index (χ1v) is 10.1. The number of ether oxygens (including phenoxy) is 2. The van der Waals surface area contributed by atoms with Crippen molar-refractivity contribution in [3.05, 3.63) is 35.9 Å². The standard InChI is InChI=1S/C21H29BrO2/c1-4-5-8-13-23-21-17(3)14-20(24-15-16(2)11-12-22)18-9-6-7-10-19(18)21/h6-7,9-10,14,16H,4-5,8,11-13,15H2,1-3H3. The van der Waals surface area contributed by atoms with E-state index >= 15 is 0 Å². The van der Waals surface area contributed by atoms with Crippen molar-refractivity contribution in [1.82, 2.24) is 0 Å². The Morgan fingerprint density at radius 2 is 1.83 bits per heavy atom. The van der Waals surface area contributed by atoms with Gasteiger partial charge in [0, 0.05) is 16.1 Å². The van der Waals surface area contributed by atoms with Crippen LogP contribution >= 0.6 is 15.9 Å². The van der Waals surface area contributed by atoms with Gasteiger partial charge in [0.2, 0.25) is 0 Å². The summed E-state index contributed by atoms with van der Waals surface area (Å²) in [6.07, 6.45) is 4.65. The second kappa shape index (κ2) is 9.93. The predicted molar refractivity (Wildman–Crippen MR) is 107 cm³/mol. The fraction of sp³-hybridized carbons (Fsp3) is 0.524. The third-order valence-corrected chi connectivity index (χ3v) is 4.72. The number of halogens is 1. The normalized spacial score (nSPS) is 12.3. The molecule has 0 radical (unpaired) electrons. The van der Waals surface area contributed by atoms with Gasteiger partial charge in [-0.3, -0.25) is 0 Å². The average Bonchev–Trinajstić information content (AvgIpc) is 2.58. The molecule has 0 saturated heterocycles. The molecular formula is C21H29BrO2. The summed E-state index contributed by atoms with van der Waals surface area (Å²) in [5.74, 6) is 2.50. The number of fused-ring (bicyclic) bond motifs is 1. The van der Waals surface area contributed by atoms with Crippen LogP contribution in [0.4, 0.5) is 0 Å². The van der Waals surface area contributed by atoms with Gasteiger partial charge in [-0.05, 0) is 37.3 Å². The van der Waals surface area contributed by atoms with E-state index in [1.807, 2.05) is 0 Å². The summed E-state index contributed by atoms with van der Waals surface area (Å²) in [7, 11) is 0. The summed E-state index contributed by atoms with van der Waals surface area (Å²) >= 11 is 3.50. The van der Waals surface area contributed by atoms with E-state index in [1.165, 1.54) is 12.8 Å².